The van der Waals surface area contributed by atoms with E-state index in [0.717, 1.165) is 17.8 Å². The molecule has 3 N–H and O–H groups in total. The lowest BCUT2D eigenvalue weighted by Crippen LogP contribution is -2.45. The van der Waals surface area contributed by atoms with Gasteiger partial charge in [0.2, 0.25) is 0 Å². The summed E-state index contributed by atoms with van der Waals surface area (Å²) >= 11 is 0. The van der Waals surface area contributed by atoms with Gasteiger partial charge in [-0.15, -0.1) is 0 Å². The van der Waals surface area contributed by atoms with E-state index in [1.807, 2.05) is 0 Å². The molecule has 0 amide bonds. The van der Waals surface area contributed by atoms with Gasteiger partial charge in [0.1, 0.15) is 0 Å². The highest BCUT2D eigenvalue weighted by atomic mass is 16.5. The Kier molecular flexibility index (Phi) is 3.65. The zero-order valence-corrected chi connectivity index (χ0v) is 9.91. The van der Waals surface area contributed by atoms with Crippen molar-refractivity contribution < 1.29 is 4.74 Å². The van der Waals surface area contributed by atoms with Crippen molar-refractivity contribution in [3.63, 3.8) is 0 Å². The lowest BCUT2D eigenvalue weighted by molar-refractivity contribution is 0.0694. The molecule has 0 aromatic heterocycles. The van der Waals surface area contributed by atoms with Crippen LogP contribution in [0.15, 0.2) is 0 Å². The predicted octanol–water partition coefficient (Wildman–Crippen LogP) is 1.68. The SMILES string of the molecule is COC(C)C(CC1CC2CCC1C2)NN. The maximum Gasteiger partial charge on any atom is 0.0709 e. The van der Waals surface area contributed by atoms with Gasteiger partial charge in [-0.05, 0) is 50.4 Å². The zero-order valence-electron chi connectivity index (χ0n) is 9.91. The smallest absolute Gasteiger partial charge is 0.0709 e. The molecule has 15 heavy (non-hydrogen) atoms. The number of hydrogen-bond acceptors (Lipinski definition) is 3. The lowest BCUT2D eigenvalue weighted by Gasteiger charge is -2.29. The molecule has 0 aromatic rings. The predicted molar refractivity (Wildman–Crippen MR) is 61.1 cm³/mol. The van der Waals surface area contributed by atoms with Crippen LogP contribution in [-0.4, -0.2) is 19.3 Å². The van der Waals surface area contributed by atoms with Gasteiger partial charge in [0, 0.05) is 13.2 Å². The van der Waals surface area contributed by atoms with Crippen LogP contribution < -0.4 is 11.3 Å². The minimum absolute atomic E-state index is 0.217. The van der Waals surface area contributed by atoms with E-state index in [0.29, 0.717) is 6.04 Å². The second kappa shape index (κ2) is 4.81. The Hall–Kier alpha value is -0.120. The number of hydrogen-bond donors (Lipinski definition) is 2. The van der Waals surface area contributed by atoms with Crippen LogP contribution in [-0.2, 0) is 4.74 Å². The summed E-state index contributed by atoms with van der Waals surface area (Å²) < 4.78 is 5.35. The topological polar surface area (TPSA) is 47.3 Å². The third-order valence-corrected chi connectivity index (χ3v) is 4.59. The fourth-order valence-corrected chi connectivity index (χ4v) is 3.55. The first kappa shape index (κ1) is 11.4. The molecule has 88 valence electrons. The first-order chi connectivity index (χ1) is 7.24. The van der Waals surface area contributed by atoms with E-state index in [1.165, 1.54) is 32.1 Å². The van der Waals surface area contributed by atoms with Crippen molar-refractivity contribution >= 4 is 0 Å². The second-order valence-corrected chi connectivity index (χ2v) is 5.38. The molecule has 5 atom stereocenters. The molecule has 2 fully saturated rings. The summed E-state index contributed by atoms with van der Waals surface area (Å²) in [6.45, 7) is 2.09. The molecule has 0 radical (unpaired) electrons. The Morgan fingerprint density at radius 3 is 2.67 bits per heavy atom. The molecule has 3 heteroatoms. The fraction of sp³-hybridized carbons (Fsp3) is 1.00. The summed E-state index contributed by atoms with van der Waals surface area (Å²) in [4.78, 5) is 0. The number of fused-ring (bicyclic) bond motifs is 2. The van der Waals surface area contributed by atoms with Crippen molar-refractivity contribution in [2.24, 2.45) is 23.6 Å². The molecule has 2 aliphatic rings. The first-order valence-electron chi connectivity index (χ1n) is 6.23. The van der Waals surface area contributed by atoms with Gasteiger partial charge in [0.25, 0.3) is 0 Å². The van der Waals surface area contributed by atoms with Crippen molar-refractivity contribution in [1.82, 2.24) is 5.43 Å². The number of nitrogens with one attached hydrogen (secondary N) is 1. The van der Waals surface area contributed by atoms with Gasteiger partial charge < -0.3 is 4.74 Å². The standard InChI is InChI=1S/C12H24N2O/c1-8(15-2)12(14-13)7-11-6-9-3-4-10(11)5-9/h8-12,14H,3-7,13H2,1-2H3. The van der Waals surface area contributed by atoms with Crippen molar-refractivity contribution in [3.8, 4) is 0 Å². The minimum Gasteiger partial charge on any atom is -0.380 e. The van der Waals surface area contributed by atoms with Gasteiger partial charge in [-0.3, -0.25) is 11.3 Å². The Morgan fingerprint density at radius 1 is 1.40 bits per heavy atom. The van der Waals surface area contributed by atoms with Gasteiger partial charge >= 0.3 is 0 Å². The molecule has 5 unspecified atom stereocenters. The number of nitrogens with two attached hydrogens (primary N) is 1. The van der Waals surface area contributed by atoms with Crippen molar-refractivity contribution in [2.75, 3.05) is 7.11 Å². The molecule has 0 saturated heterocycles. The van der Waals surface area contributed by atoms with Gasteiger partial charge in [0.15, 0.2) is 0 Å². The van der Waals surface area contributed by atoms with Crippen molar-refractivity contribution in [3.05, 3.63) is 0 Å². The number of methoxy groups -OCH3 is 1. The van der Waals surface area contributed by atoms with Gasteiger partial charge in [0.05, 0.1) is 6.10 Å². The molecule has 0 aliphatic heterocycles. The van der Waals surface area contributed by atoms with E-state index in [-0.39, 0.29) is 6.10 Å². The number of ether oxygens (including phenoxy) is 1. The second-order valence-electron chi connectivity index (χ2n) is 5.38. The van der Waals surface area contributed by atoms with E-state index in [2.05, 4.69) is 12.3 Å². The molecule has 2 bridgehead atoms. The molecular formula is C12H24N2O. The van der Waals surface area contributed by atoms with E-state index < -0.39 is 0 Å². The van der Waals surface area contributed by atoms with Crippen LogP contribution >= 0.6 is 0 Å². The van der Waals surface area contributed by atoms with E-state index in [9.17, 15) is 0 Å². The fourth-order valence-electron chi connectivity index (χ4n) is 3.55. The molecule has 3 nitrogen and oxygen atoms in total. The van der Waals surface area contributed by atoms with Gasteiger partial charge in [-0.2, -0.15) is 0 Å². The van der Waals surface area contributed by atoms with E-state index in [1.54, 1.807) is 7.11 Å². The summed E-state index contributed by atoms with van der Waals surface area (Å²) in [7, 11) is 1.76. The van der Waals surface area contributed by atoms with E-state index in [4.69, 9.17) is 10.6 Å². The lowest BCUT2D eigenvalue weighted by atomic mass is 9.83. The summed E-state index contributed by atoms with van der Waals surface area (Å²) in [5.41, 5.74) is 2.91. The molecule has 2 rings (SSSR count). The van der Waals surface area contributed by atoms with Gasteiger partial charge in [-0.1, -0.05) is 6.42 Å². The largest absolute Gasteiger partial charge is 0.380 e. The molecule has 0 aromatic carbocycles. The Balaban J connectivity index is 1.84. The minimum atomic E-state index is 0.217. The van der Waals surface area contributed by atoms with Crippen LogP contribution in [0, 0.1) is 17.8 Å². The molecule has 2 aliphatic carbocycles. The zero-order chi connectivity index (χ0) is 10.8. The Bertz CT molecular complexity index is 210. The van der Waals surface area contributed by atoms with E-state index >= 15 is 0 Å². The maximum absolute atomic E-state index is 5.60. The summed E-state index contributed by atoms with van der Waals surface area (Å²) in [6.07, 6.45) is 7.24. The highest BCUT2D eigenvalue weighted by Gasteiger charge is 2.40. The number of rotatable bonds is 5. The van der Waals surface area contributed by atoms with Crippen LogP contribution in [0.3, 0.4) is 0 Å². The van der Waals surface area contributed by atoms with Crippen molar-refractivity contribution in [1.29, 1.82) is 0 Å². The molecular weight excluding hydrogens is 188 g/mol. The van der Waals surface area contributed by atoms with Crippen molar-refractivity contribution in [2.45, 2.75) is 51.2 Å². The third-order valence-electron chi connectivity index (χ3n) is 4.59. The van der Waals surface area contributed by atoms with Crippen LogP contribution in [0.4, 0.5) is 0 Å². The maximum atomic E-state index is 5.60. The Labute approximate surface area is 92.7 Å². The molecule has 0 heterocycles. The molecule has 2 saturated carbocycles. The quantitative estimate of drug-likeness (QED) is 0.538. The monoisotopic (exact) mass is 212 g/mol. The summed E-state index contributed by atoms with van der Waals surface area (Å²) in [5, 5.41) is 0. The summed E-state index contributed by atoms with van der Waals surface area (Å²) in [5.74, 6) is 8.49. The van der Waals surface area contributed by atoms with Crippen LogP contribution in [0.1, 0.15) is 39.0 Å². The van der Waals surface area contributed by atoms with Crippen LogP contribution in [0.2, 0.25) is 0 Å². The summed E-state index contributed by atoms with van der Waals surface area (Å²) in [6, 6.07) is 0.319. The first-order valence-corrected chi connectivity index (χ1v) is 6.23. The average molecular weight is 212 g/mol. The number of hydrazine groups is 1. The van der Waals surface area contributed by atoms with Crippen LogP contribution in [0.5, 0.6) is 0 Å². The van der Waals surface area contributed by atoms with Gasteiger partial charge in [-0.25, -0.2) is 0 Å². The highest BCUT2D eigenvalue weighted by molar-refractivity contribution is 4.92. The molecule has 0 spiro atoms. The Morgan fingerprint density at radius 2 is 2.20 bits per heavy atom. The average Bonchev–Trinajstić information content (AvgIpc) is 2.86. The normalized spacial score (nSPS) is 38.2. The third kappa shape index (κ3) is 2.35. The van der Waals surface area contributed by atoms with Crippen LogP contribution in [0.25, 0.3) is 0 Å². The highest BCUT2D eigenvalue weighted by Crippen LogP contribution is 2.49.